The molecule has 0 aliphatic heterocycles. The molecule has 0 aromatic carbocycles. The average molecular weight is 425 g/mol. The molecule has 0 rings (SSSR count). The summed E-state index contributed by atoms with van der Waals surface area (Å²) in [6, 6.07) is 0. The smallest absolute Gasteiger partial charge is 0.330 e. The van der Waals surface area contributed by atoms with Gasteiger partial charge in [0.1, 0.15) is 0 Å². The van der Waals surface area contributed by atoms with Crippen molar-refractivity contribution < 1.29 is 45.3 Å². The molecule has 0 aromatic rings. The summed E-state index contributed by atoms with van der Waals surface area (Å²) < 4.78 is 5.15. The summed E-state index contributed by atoms with van der Waals surface area (Å²) >= 11 is 0. The van der Waals surface area contributed by atoms with E-state index in [2.05, 4.69) is 6.92 Å². The molecule has 0 spiro atoms. The Hall–Kier alpha value is -1.07. The lowest BCUT2D eigenvalue weighted by Crippen LogP contribution is -2.43. The first kappa shape index (κ1) is 30.1. The first-order valence-electron chi connectivity index (χ1n) is 9.88. The minimum Gasteiger partial charge on any atom is -0.478 e. The molecular weight excluding hydrogens is 384 g/mol. The molecule has 7 N–H and O–H groups in total. The molecule has 0 amide bonds. The first-order chi connectivity index (χ1) is 13.8. The largest absolute Gasteiger partial charge is 0.478 e. The van der Waals surface area contributed by atoms with E-state index in [9.17, 15) is 4.79 Å². The zero-order valence-electron chi connectivity index (χ0n) is 17.7. The number of ether oxygens (including phenoxy) is 1. The van der Waals surface area contributed by atoms with Crippen molar-refractivity contribution in [3.63, 3.8) is 0 Å². The number of allylic oxidation sites excluding steroid dienone is 1. The molecule has 9 heteroatoms. The summed E-state index contributed by atoms with van der Waals surface area (Å²) in [7, 11) is 0. The average Bonchev–Trinajstić information content (AvgIpc) is 2.75. The summed E-state index contributed by atoms with van der Waals surface area (Å²) in [6.45, 7) is 0.801. The number of hydrogen-bond donors (Lipinski definition) is 7. The Labute approximate surface area is 173 Å². The minimum atomic E-state index is -1.16. The summed E-state index contributed by atoms with van der Waals surface area (Å²) in [5.74, 6) is -0.800. The second-order valence-electron chi connectivity index (χ2n) is 7.48. The second kappa shape index (κ2) is 17.8. The van der Waals surface area contributed by atoms with Crippen molar-refractivity contribution in [2.45, 2.75) is 46.0 Å². The van der Waals surface area contributed by atoms with Crippen LogP contribution in [0.1, 0.15) is 46.0 Å². The molecule has 0 aliphatic carbocycles. The molecule has 0 unspecified atom stereocenters. The van der Waals surface area contributed by atoms with E-state index in [0.29, 0.717) is 5.57 Å². The molecule has 0 fully saturated rings. The maximum Gasteiger partial charge on any atom is 0.330 e. The molecule has 0 aliphatic rings. The Morgan fingerprint density at radius 2 is 1.21 bits per heavy atom. The SMILES string of the molecule is CCCCCCC=C(C)C(=O)O.OCC(CO)(CO)COCC(CO)(CO)CO. The highest BCUT2D eigenvalue weighted by Crippen LogP contribution is 2.19. The van der Waals surface area contributed by atoms with Crippen LogP contribution in [0, 0.1) is 10.8 Å². The van der Waals surface area contributed by atoms with Crippen LogP contribution in [0.5, 0.6) is 0 Å². The lowest BCUT2D eigenvalue weighted by atomic mass is 9.91. The van der Waals surface area contributed by atoms with Gasteiger partial charge in [-0.05, 0) is 19.8 Å². The molecule has 0 heterocycles. The summed E-state index contributed by atoms with van der Waals surface area (Å²) in [6.07, 6.45) is 7.50. The number of carboxylic acid groups (broad SMARTS) is 1. The van der Waals surface area contributed by atoms with Gasteiger partial charge in [-0.15, -0.1) is 0 Å². The van der Waals surface area contributed by atoms with Crippen molar-refractivity contribution in [2.24, 2.45) is 10.8 Å². The van der Waals surface area contributed by atoms with E-state index in [1.54, 1.807) is 13.0 Å². The highest BCUT2D eigenvalue weighted by atomic mass is 16.5. The Morgan fingerprint density at radius 3 is 1.52 bits per heavy atom. The van der Waals surface area contributed by atoms with Crippen LogP contribution in [-0.2, 0) is 9.53 Å². The maximum atomic E-state index is 10.4. The zero-order valence-corrected chi connectivity index (χ0v) is 17.7. The van der Waals surface area contributed by atoms with Gasteiger partial charge in [-0.25, -0.2) is 4.79 Å². The van der Waals surface area contributed by atoms with Gasteiger partial charge in [0.25, 0.3) is 0 Å². The third kappa shape index (κ3) is 13.0. The molecule has 9 nitrogen and oxygen atoms in total. The molecule has 0 atom stereocenters. The topological polar surface area (TPSA) is 168 Å². The summed E-state index contributed by atoms with van der Waals surface area (Å²) in [5.41, 5.74) is -1.86. The molecule has 174 valence electrons. The Kier molecular flexibility index (Phi) is 18.4. The van der Waals surface area contributed by atoms with Crippen LogP contribution in [0.15, 0.2) is 11.6 Å². The van der Waals surface area contributed by atoms with Crippen LogP contribution in [-0.4, -0.2) is 94.6 Å². The standard InChI is InChI=1S/C10H22O7.C10H18O2/c11-1-9(2-12,3-13)7-17-8-10(4-14,5-15)6-16;1-3-4-5-6-7-8-9(2)10(11)12/h11-16H,1-8H2;8H,3-7H2,1-2H3,(H,11,12). The molecular formula is C20H40O9. The quantitative estimate of drug-likeness (QED) is 0.132. The maximum absolute atomic E-state index is 10.4. The van der Waals surface area contributed by atoms with E-state index in [1.165, 1.54) is 19.3 Å². The van der Waals surface area contributed by atoms with Crippen LogP contribution in [0.25, 0.3) is 0 Å². The third-order valence-electron chi connectivity index (χ3n) is 4.67. The molecule has 0 radical (unpaired) electrons. The summed E-state index contributed by atoms with van der Waals surface area (Å²) in [5, 5.41) is 62.7. The van der Waals surface area contributed by atoms with Crippen molar-refractivity contribution in [2.75, 3.05) is 52.9 Å². The van der Waals surface area contributed by atoms with Gasteiger partial charge in [0, 0.05) is 5.57 Å². The fraction of sp³-hybridized carbons (Fsp3) is 0.850. The Balaban J connectivity index is 0. The number of rotatable bonds is 16. The van der Waals surface area contributed by atoms with Gasteiger partial charge in [-0.1, -0.05) is 32.3 Å². The lowest BCUT2D eigenvalue weighted by Gasteiger charge is -2.31. The number of aliphatic hydroxyl groups is 6. The number of carbonyl (C=O) groups is 1. The normalized spacial score (nSPS) is 12.5. The molecule has 0 aromatic heterocycles. The van der Waals surface area contributed by atoms with Gasteiger partial charge in [0.2, 0.25) is 0 Å². The van der Waals surface area contributed by atoms with Crippen LogP contribution < -0.4 is 0 Å². The van der Waals surface area contributed by atoms with Gasteiger partial charge in [0.15, 0.2) is 0 Å². The van der Waals surface area contributed by atoms with Crippen LogP contribution in [0.4, 0.5) is 0 Å². The Bertz CT molecular complexity index is 393. The number of carboxylic acids is 1. The number of aliphatic carboxylic acids is 1. The van der Waals surface area contributed by atoms with Gasteiger partial charge in [0.05, 0.1) is 63.7 Å². The lowest BCUT2D eigenvalue weighted by molar-refractivity contribution is -0.132. The molecule has 29 heavy (non-hydrogen) atoms. The van der Waals surface area contributed by atoms with E-state index in [4.69, 9.17) is 40.5 Å². The number of unbranched alkanes of at least 4 members (excludes halogenated alkanes) is 4. The Morgan fingerprint density at radius 1 is 0.793 bits per heavy atom. The van der Waals surface area contributed by atoms with Crippen molar-refractivity contribution >= 4 is 5.97 Å². The van der Waals surface area contributed by atoms with Crippen molar-refractivity contribution in [1.29, 1.82) is 0 Å². The van der Waals surface area contributed by atoms with E-state index in [-0.39, 0.29) is 13.2 Å². The fourth-order valence-corrected chi connectivity index (χ4v) is 2.03. The second-order valence-corrected chi connectivity index (χ2v) is 7.48. The van der Waals surface area contributed by atoms with Crippen LogP contribution in [0.2, 0.25) is 0 Å². The minimum absolute atomic E-state index is 0.141. The van der Waals surface area contributed by atoms with E-state index in [0.717, 1.165) is 12.8 Å². The predicted octanol–water partition coefficient (Wildman–Crippen LogP) is -0.0827. The summed E-state index contributed by atoms with van der Waals surface area (Å²) in [4.78, 5) is 10.4. The van der Waals surface area contributed by atoms with Gasteiger partial charge < -0.3 is 40.5 Å². The zero-order chi connectivity index (χ0) is 22.8. The van der Waals surface area contributed by atoms with Gasteiger partial charge in [-0.2, -0.15) is 0 Å². The fourth-order valence-electron chi connectivity index (χ4n) is 2.03. The van der Waals surface area contributed by atoms with Crippen LogP contribution in [0.3, 0.4) is 0 Å². The highest BCUT2D eigenvalue weighted by Gasteiger charge is 2.32. The number of hydrogen-bond acceptors (Lipinski definition) is 8. The van der Waals surface area contributed by atoms with E-state index in [1.807, 2.05) is 0 Å². The molecule has 0 saturated carbocycles. The monoisotopic (exact) mass is 424 g/mol. The van der Waals surface area contributed by atoms with Crippen molar-refractivity contribution in [3.8, 4) is 0 Å². The molecule has 0 bridgehead atoms. The van der Waals surface area contributed by atoms with Gasteiger partial charge in [-0.3, -0.25) is 0 Å². The highest BCUT2D eigenvalue weighted by molar-refractivity contribution is 5.85. The number of aliphatic hydroxyl groups excluding tert-OH is 6. The van der Waals surface area contributed by atoms with Crippen LogP contribution >= 0.6 is 0 Å². The third-order valence-corrected chi connectivity index (χ3v) is 4.67. The van der Waals surface area contributed by atoms with Gasteiger partial charge >= 0.3 is 5.97 Å². The van der Waals surface area contributed by atoms with E-state index < -0.39 is 56.4 Å². The predicted molar refractivity (Wildman–Crippen MR) is 108 cm³/mol. The first-order valence-corrected chi connectivity index (χ1v) is 9.88. The van der Waals surface area contributed by atoms with Crippen molar-refractivity contribution in [3.05, 3.63) is 11.6 Å². The van der Waals surface area contributed by atoms with E-state index >= 15 is 0 Å². The molecule has 0 saturated heterocycles. The van der Waals surface area contributed by atoms with Crippen molar-refractivity contribution in [1.82, 2.24) is 0 Å².